The van der Waals surface area contributed by atoms with Crippen molar-refractivity contribution in [2.24, 2.45) is 5.92 Å². The smallest absolute Gasteiger partial charge is 0.325 e. The van der Waals surface area contributed by atoms with Gasteiger partial charge in [0.1, 0.15) is 12.4 Å². The molecule has 1 fully saturated rings. The van der Waals surface area contributed by atoms with Crippen LogP contribution in [0, 0.1) is 11.7 Å². The zero-order chi connectivity index (χ0) is 17.8. The number of esters is 1. The van der Waals surface area contributed by atoms with Crippen molar-refractivity contribution < 1.29 is 18.7 Å². The van der Waals surface area contributed by atoms with E-state index in [2.05, 4.69) is 0 Å². The van der Waals surface area contributed by atoms with E-state index in [1.54, 1.807) is 42.2 Å². The highest BCUT2D eigenvalue weighted by molar-refractivity contribution is 7.17. The second-order valence-electron chi connectivity index (χ2n) is 6.08. The van der Waals surface area contributed by atoms with Crippen molar-refractivity contribution in [2.75, 3.05) is 19.7 Å². The maximum Gasteiger partial charge on any atom is 0.325 e. The van der Waals surface area contributed by atoms with Crippen LogP contribution in [0.25, 0.3) is 10.4 Å². The molecule has 1 amide bonds. The molecule has 25 heavy (non-hydrogen) atoms. The maximum absolute atomic E-state index is 13.9. The molecule has 0 saturated heterocycles. The Hall–Kier alpha value is -2.21. The summed E-state index contributed by atoms with van der Waals surface area (Å²) in [5.74, 6) is -0.455. The van der Waals surface area contributed by atoms with Gasteiger partial charge in [-0.15, -0.1) is 11.3 Å². The fourth-order valence-corrected chi connectivity index (χ4v) is 3.61. The molecule has 132 valence electrons. The molecule has 0 atom stereocenters. The fourth-order valence-electron chi connectivity index (χ4n) is 2.61. The van der Waals surface area contributed by atoms with Crippen LogP contribution in [0.1, 0.15) is 29.4 Å². The number of amides is 1. The SMILES string of the molecule is CCOC(=O)CN(CC1CC1)C(=O)c1ccc(-c2ccccc2F)s1. The molecule has 3 rings (SSSR count). The summed E-state index contributed by atoms with van der Waals surface area (Å²) >= 11 is 1.24. The lowest BCUT2D eigenvalue weighted by Gasteiger charge is -2.20. The third-order valence-corrected chi connectivity index (χ3v) is 5.15. The second-order valence-corrected chi connectivity index (χ2v) is 7.16. The lowest BCUT2D eigenvalue weighted by atomic mass is 10.2. The topological polar surface area (TPSA) is 46.6 Å². The summed E-state index contributed by atoms with van der Waals surface area (Å²) in [6.45, 7) is 2.55. The Kier molecular flexibility index (Phi) is 5.48. The Balaban J connectivity index is 1.77. The lowest BCUT2D eigenvalue weighted by Crippen LogP contribution is -2.37. The van der Waals surface area contributed by atoms with Gasteiger partial charge in [0.25, 0.3) is 5.91 Å². The van der Waals surface area contributed by atoms with E-state index in [0.29, 0.717) is 34.4 Å². The molecule has 0 aliphatic heterocycles. The zero-order valence-electron chi connectivity index (χ0n) is 14.0. The van der Waals surface area contributed by atoms with Crippen LogP contribution in [-0.2, 0) is 9.53 Å². The standard InChI is InChI=1S/C19H20FNO3S/c1-2-24-18(22)12-21(11-13-7-8-13)19(23)17-10-9-16(25-17)14-5-3-4-6-15(14)20/h3-6,9-10,13H,2,7-8,11-12H2,1H3. The van der Waals surface area contributed by atoms with Crippen LogP contribution >= 0.6 is 11.3 Å². The molecule has 0 unspecified atom stereocenters. The van der Waals surface area contributed by atoms with E-state index in [9.17, 15) is 14.0 Å². The highest BCUT2D eigenvalue weighted by Gasteiger charge is 2.29. The molecule has 1 saturated carbocycles. The predicted molar refractivity (Wildman–Crippen MR) is 95.0 cm³/mol. The van der Waals surface area contributed by atoms with Gasteiger partial charge in [0.2, 0.25) is 0 Å². The molecule has 0 N–H and O–H groups in total. The number of nitrogens with zero attached hydrogens (tertiary/aromatic N) is 1. The molecule has 1 aromatic carbocycles. The third kappa shape index (κ3) is 4.45. The number of hydrogen-bond acceptors (Lipinski definition) is 4. The minimum Gasteiger partial charge on any atom is -0.465 e. The van der Waals surface area contributed by atoms with Gasteiger partial charge in [0, 0.05) is 17.0 Å². The van der Waals surface area contributed by atoms with Crippen molar-refractivity contribution in [3.05, 3.63) is 47.1 Å². The fraction of sp³-hybridized carbons (Fsp3) is 0.368. The summed E-state index contributed by atoms with van der Waals surface area (Å²) in [6.07, 6.45) is 2.16. The number of halogens is 1. The van der Waals surface area contributed by atoms with E-state index in [1.807, 2.05) is 0 Å². The van der Waals surface area contributed by atoms with Crippen LogP contribution in [-0.4, -0.2) is 36.5 Å². The number of hydrogen-bond donors (Lipinski definition) is 0. The van der Waals surface area contributed by atoms with Crippen molar-refractivity contribution >= 4 is 23.2 Å². The Morgan fingerprint density at radius 1 is 1.24 bits per heavy atom. The first kappa shape index (κ1) is 17.6. The van der Waals surface area contributed by atoms with Crippen LogP contribution < -0.4 is 0 Å². The van der Waals surface area contributed by atoms with E-state index >= 15 is 0 Å². The lowest BCUT2D eigenvalue weighted by molar-refractivity contribution is -0.143. The number of thiophene rings is 1. The van der Waals surface area contributed by atoms with Crippen LogP contribution in [0.15, 0.2) is 36.4 Å². The number of rotatable bonds is 7. The van der Waals surface area contributed by atoms with Crippen molar-refractivity contribution in [3.8, 4) is 10.4 Å². The number of ether oxygens (including phenoxy) is 1. The van der Waals surface area contributed by atoms with E-state index in [0.717, 1.165) is 12.8 Å². The molecule has 0 radical (unpaired) electrons. The molecule has 2 aromatic rings. The van der Waals surface area contributed by atoms with Crippen LogP contribution in [0.4, 0.5) is 4.39 Å². The molecule has 1 aliphatic carbocycles. The van der Waals surface area contributed by atoms with Crippen LogP contribution in [0.2, 0.25) is 0 Å². The van der Waals surface area contributed by atoms with Crippen molar-refractivity contribution in [3.63, 3.8) is 0 Å². The van der Waals surface area contributed by atoms with Crippen molar-refractivity contribution in [1.29, 1.82) is 0 Å². The summed E-state index contributed by atoms with van der Waals surface area (Å²) in [4.78, 5) is 27.4. The van der Waals surface area contributed by atoms with Gasteiger partial charge in [-0.1, -0.05) is 18.2 Å². The van der Waals surface area contributed by atoms with Gasteiger partial charge in [-0.2, -0.15) is 0 Å². The molecule has 6 heteroatoms. The minimum absolute atomic E-state index is 0.0455. The first-order valence-corrected chi connectivity index (χ1v) is 9.19. The summed E-state index contributed by atoms with van der Waals surface area (Å²) in [5, 5.41) is 0. The number of carbonyl (C=O) groups excluding carboxylic acids is 2. The monoisotopic (exact) mass is 361 g/mol. The Labute approximate surface area is 150 Å². The van der Waals surface area contributed by atoms with Gasteiger partial charge in [-0.25, -0.2) is 4.39 Å². The first-order valence-electron chi connectivity index (χ1n) is 8.38. The molecule has 1 heterocycles. The Bertz CT molecular complexity index is 770. The molecule has 4 nitrogen and oxygen atoms in total. The van der Waals surface area contributed by atoms with Gasteiger partial charge in [-0.05, 0) is 43.9 Å². The average molecular weight is 361 g/mol. The normalized spacial score (nSPS) is 13.5. The van der Waals surface area contributed by atoms with Crippen LogP contribution in [0.3, 0.4) is 0 Å². The Morgan fingerprint density at radius 3 is 2.68 bits per heavy atom. The zero-order valence-corrected chi connectivity index (χ0v) is 14.9. The highest BCUT2D eigenvalue weighted by atomic mass is 32.1. The largest absolute Gasteiger partial charge is 0.465 e. The van der Waals surface area contributed by atoms with E-state index in [1.165, 1.54) is 17.4 Å². The van der Waals surface area contributed by atoms with E-state index in [-0.39, 0.29) is 18.3 Å². The van der Waals surface area contributed by atoms with Gasteiger partial charge >= 0.3 is 5.97 Å². The summed E-state index contributed by atoms with van der Waals surface area (Å²) < 4.78 is 18.9. The predicted octanol–water partition coefficient (Wildman–Crippen LogP) is 3.97. The second kappa shape index (κ2) is 7.78. The van der Waals surface area contributed by atoms with Gasteiger partial charge < -0.3 is 9.64 Å². The van der Waals surface area contributed by atoms with E-state index in [4.69, 9.17) is 4.74 Å². The van der Waals surface area contributed by atoms with Gasteiger partial charge in [-0.3, -0.25) is 9.59 Å². The van der Waals surface area contributed by atoms with Gasteiger partial charge in [0.15, 0.2) is 0 Å². The summed E-state index contributed by atoms with van der Waals surface area (Å²) in [5.41, 5.74) is 0.477. The first-order chi connectivity index (χ1) is 12.1. The minimum atomic E-state index is -0.401. The molecule has 1 aromatic heterocycles. The molecule has 0 bridgehead atoms. The average Bonchev–Trinajstić information content (AvgIpc) is 3.27. The summed E-state index contributed by atoms with van der Waals surface area (Å²) in [6, 6.07) is 9.93. The van der Waals surface area contributed by atoms with Crippen molar-refractivity contribution in [1.82, 2.24) is 4.90 Å². The third-order valence-electron chi connectivity index (χ3n) is 4.04. The molecule has 0 spiro atoms. The maximum atomic E-state index is 13.9. The highest BCUT2D eigenvalue weighted by Crippen LogP contribution is 2.33. The van der Waals surface area contributed by atoms with Crippen LogP contribution in [0.5, 0.6) is 0 Å². The van der Waals surface area contributed by atoms with Gasteiger partial charge in [0.05, 0.1) is 11.5 Å². The summed E-state index contributed by atoms with van der Waals surface area (Å²) in [7, 11) is 0. The quantitative estimate of drug-likeness (QED) is 0.701. The molecular formula is C19H20FNO3S. The molecule has 1 aliphatic rings. The van der Waals surface area contributed by atoms with Crippen molar-refractivity contribution in [2.45, 2.75) is 19.8 Å². The van der Waals surface area contributed by atoms with E-state index < -0.39 is 5.97 Å². The Morgan fingerprint density at radius 2 is 2.00 bits per heavy atom. The number of benzene rings is 1. The molecular weight excluding hydrogens is 341 g/mol. The number of carbonyl (C=O) groups is 2.